The first kappa shape index (κ1) is 15.7. The molecule has 3 rings (SSSR count). The highest BCUT2D eigenvalue weighted by molar-refractivity contribution is 6.30. The summed E-state index contributed by atoms with van der Waals surface area (Å²) in [7, 11) is 1.68. The lowest BCUT2D eigenvalue weighted by atomic mass is 9.73. The van der Waals surface area contributed by atoms with Crippen molar-refractivity contribution < 1.29 is 4.79 Å². The van der Waals surface area contributed by atoms with Crippen LogP contribution in [0, 0.1) is 12.3 Å². The van der Waals surface area contributed by atoms with Crippen LogP contribution in [0.15, 0.2) is 36.7 Å². The Balaban J connectivity index is 1.80. The number of nitrogens with one attached hydrogen (secondary N) is 1. The van der Waals surface area contributed by atoms with Gasteiger partial charge in [-0.3, -0.25) is 9.78 Å². The van der Waals surface area contributed by atoms with Gasteiger partial charge in [0.1, 0.15) is 5.82 Å². The van der Waals surface area contributed by atoms with Gasteiger partial charge in [-0.05, 0) is 31.0 Å². The van der Waals surface area contributed by atoms with Gasteiger partial charge in [0.25, 0.3) is 0 Å². The average Bonchev–Trinajstić information content (AvgIpc) is 2.52. The van der Waals surface area contributed by atoms with E-state index in [1.807, 2.05) is 31.2 Å². The van der Waals surface area contributed by atoms with E-state index in [0.717, 1.165) is 17.1 Å². The molecule has 0 unspecified atom stereocenters. The number of hydrogen-bond donors (Lipinski definition) is 1. The smallest absolute Gasteiger partial charge is 0.229 e. The van der Waals surface area contributed by atoms with Crippen LogP contribution in [-0.4, -0.2) is 36.0 Å². The zero-order chi connectivity index (χ0) is 16.4. The predicted octanol–water partition coefficient (Wildman–Crippen LogP) is 2.23. The van der Waals surface area contributed by atoms with Crippen LogP contribution in [0.25, 0.3) is 0 Å². The van der Waals surface area contributed by atoms with E-state index in [2.05, 4.69) is 20.2 Å². The second kappa shape index (κ2) is 6.16. The van der Waals surface area contributed by atoms with Crippen LogP contribution in [0.3, 0.4) is 0 Å². The molecule has 1 aliphatic rings. The minimum Gasteiger partial charge on any atom is -0.359 e. The van der Waals surface area contributed by atoms with E-state index in [4.69, 9.17) is 11.6 Å². The Morgan fingerprint density at radius 2 is 1.91 bits per heavy atom. The molecule has 0 saturated carbocycles. The SMILES string of the molecule is CNC(=O)C1(Cc2ccc(Cl)cc2)CN(c2nccnc2C)C1. The molecule has 1 fully saturated rings. The molecule has 6 heteroatoms. The Labute approximate surface area is 140 Å². The highest BCUT2D eigenvalue weighted by atomic mass is 35.5. The lowest BCUT2D eigenvalue weighted by molar-refractivity contribution is -0.132. The topological polar surface area (TPSA) is 58.1 Å². The molecule has 120 valence electrons. The van der Waals surface area contributed by atoms with Gasteiger partial charge in [0, 0.05) is 37.6 Å². The summed E-state index contributed by atoms with van der Waals surface area (Å²) in [4.78, 5) is 23.2. The standard InChI is InChI=1S/C17H19ClN4O/c1-12-15(21-8-7-20-12)22-10-17(11-22,16(23)19-2)9-13-3-5-14(18)6-4-13/h3-8H,9-11H2,1-2H3,(H,19,23). The molecule has 23 heavy (non-hydrogen) atoms. The van der Waals surface area contributed by atoms with Crippen molar-refractivity contribution in [3.63, 3.8) is 0 Å². The number of carbonyl (C=O) groups excluding carboxylic acids is 1. The Hall–Kier alpha value is -2.14. The predicted molar refractivity (Wildman–Crippen MR) is 90.6 cm³/mol. The normalized spacial score (nSPS) is 15.9. The molecular formula is C17H19ClN4O. The highest BCUT2D eigenvalue weighted by Crippen LogP contribution is 2.37. The molecule has 0 radical (unpaired) electrons. The molecule has 1 amide bonds. The van der Waals surface area contributed by atoms with Crippen molar-refractivity contribution in [1.82, 2.24) is 15.3 Å². The first-order chi connectivity index (χ1) is 11.0. The van der Waals surface area contributed by atoms with E-state index in [1.54, 1.807) is 19.4 Å². The van der Waals surface area contributed by atoms with Crippen molar-refractivity contribution in [2.75, 3.05) is 25.0 Å². The second-order valence-corrected chi connectivity index (χ2v) is 6.42. The lowest BCUT2D eigenvalue weighted by Crippen LogP contribution is -2.64. The number of aromatic nitrogens is 2. The number of benzene rings is 1. The van der Waals surface area contributed by atoms with E-state index < -0.39 is 5.41 Å². The van der Waals surface area contributed by atoms with Gasteiger partial charge in [0.2, 0.25) is 5.91 Å². The number of halogens is 1. The zero-order valence-electron chi connectivity index (χ0n) is 13.2. The first-order valence-electron chi connectivity index (χ1n) is 7.53. The van der Waals surface area contributed by atoms with Gasteiger partial charge in [-0.15, -0.1) is 0 Å². The van der Waals surface area contributed by atoms with Gasteiger partial charge in [0.15, 0.2) is 0 Å². The molecule has 1 aromatic carbocycles. The van der Waals surface area contributed by atoms with E-state index in [-0.39, 0.29) is 5.91 Å². The quantitative estimate of drug-likeness (QED) is 0.934. The number of aryl methyl sites for hydroxylation is 1. The van der Waals surface area contributed by atoms with E-state index in [9.17, 15) is 4.79 Å². The first-order valence-corrected chi connectivity index (χ1v) is 7.91. The largest absolute Gasteiger partial charge is 0.359 e. The van der Waals surface area contributed by atoms with Crippen LogP contribution in [0.4, 0.5) is 5.82 Å². The van der Waals surface area contributed by atoms with Crippen molar-refractivity contribution in [3.05, 3.63) is 52.9 Å². The maximum absolute atomic E-state index is 12.4. The molecule has 2 aromatic rings. The van der Waals surface area contributed by atoms with Gasteiger partial charge in [-0.1, -0.05) is 23.7 Å². The fourth-order valence-electron chi connectivity index (χ4n) is 3.14. The Morgan fingerprint density at radius 1 is 1.26 bits per heavy atom. The molecule has 0 bridgehead atoms. The minimum atomic E-state index is -0.438. The van der Waals surface area contributed by atoms with Crippen molar-refractivity contribution in [1.29, 1.82) is 0 Å². The lowest BCUT2D eigenvalue weighted by Gasteiger charge is -2.49. The monoisotopic (exact) mass is 330 g/mol. The van der Waals surface area contributed by atoms with Gasteiger partial charge < -0.3 is 10.2 Å². The molecule has 1 saturated heterocycles. The molecular weight excluding hydrogens is 312 g/mol. The average molecular weight is 331 g/mol. The zero-order valence-corrected chi connectivity index (χ0v) is 14.0. The summed E-state index contributed by atoms with van der Waals surface area (Å²) in [5.41, 5.74) is 1.55. The molecule has 0 aliphatic carbocycles. The maximum atomic E-state index is 12.4. The van der Waals surface area contributed by atoms with Crippen molar-refractivity contribution in [2.45, 2.75) is 13.3 Å². The van der Waals surface area contributed by atoms with Crippen LogP contribution in [0.1, 0.15) is 11.3 Å². The Bertz CT molecular complexity index is 711. The highest BCUT2D eigenvalue weighted by Gasteiger charge is 2.49. The summed E-state index contributed by atoms with van der Waals surface area (Å²) < 4.78 is 0. The molecule has 2 heterocycles. The van der Waals surface area contributed by atoms with Gasteiger partial charge >= 0.3 is 0 Å². The Morgan fingerprint density at radius 3 is 2.52 bits per heavy atom. The summed E-state index contributed by atoms with van der Waals surface area (Å²) in [5, 5.41) is 3.50. The van der Waals surface area contributed by atoms with Crippen molar-refractivity contribution >= 4 is 23.3 Å². The van der Waals surface area contributed by atoms with Crippen molar-refractivity contribution in [3.8, 4) is 0 Å². The van der Waals surface area contributed by atoms with E-state index in [0.29, 0.717) is 24.5 Å². The van der Waals surface area contributed by atoms with Gasteiger partial charge in [0.05, 0.1) is 11.1 Å². The number of rotatable bonds is 4. The van der Waals surface area contributed by atoms with Crippen LogP contribution in [0.5, 0.6) is 0 Å². The summed E-state index contributed by atoms with van der Waals surface area (Å²) in [5.74, 6) is 0.911. The summed E-state index contributed by atoms with van der Waals surface area (Å²) in [6, 6.07) is 7.67. The van der Waals surface area contributed by atoms with Crippen LogP contribution < -0.4 is 10.2 Å². The van der Waals surface area contributed by atoms with Crippen LogP contribution >= 0.6 is 11.6 Å². The maximum Gasteiger partial charge on any atom is 0.229 e. The van der Waals surface area contributed by atoms with Crippen LogP contribution in [-0.2, 0) is 11.2 Å². The molecule has 5 nitrogen and oxygen atoms in total. The molecule has 1 N–H and O–H groups in total. The number of nitrogens with zero attached hydrogens (tertiary/aromatic N) is 3. The van der Waals surface area contributed by atoms with Crippen molar-refractivity contribution in [2.24, 2.45) is 5.41 Å². The third kappa shape index (κ3) is 3.01. The fourth-order valence-corrected chi connectivity index (χ4v) is 3.26. The van der Waals surface area contributed by atoms with Gasteiger partial charge in [-0.25, -0.2) is 4.98 Å². The van der Waals surface area contributed by atoms with E-state index >= 15 is 0 Å². The fraction of sp³-hybridized carbons (Fsp3) is 0.353. The molecule has 1 aromatic heterocycles. The number of hydrogen-bond acceptors (Lipinski definition) is 4. The summed E-state index contributed by atoms with van der Waals surface area (Å²) in [6.45, 7) is 3.20. The molecule has 0 spiro atoms. The second-order valence-electron chi connectivity index (χ2n) is 5.98. The summed E-state index contributed by atoms with van der Waals surface area (Å²) in [6.07, 6.45) is 4.04. The number of carbonyl (C=O) groups is 1. The third-order valence-electron chi connectivity index (χ3n) is 4.31. The van der Waals surface area contributed by atoms with E-state index in [1.165, 1.54) is 0 Å². The number of anilines is 1. The Kier molecular flexibility index (Phi) is 4.22. The number of amides is 1. The van der Waals surface area contributed by atoms with Crippen LogP contribution in [0.2, 0.25) is 5.02 Å². The molecule has 1 aliphatic heterocycles. The minimum absolute atomic E-state index is 0.0604. The van der Waals surface area contributed by atoms with Gasteiger partial charge in [-0.2, -0.15) is 0 Å². The summed E-state index contributed by atoms with van der Waals surface area (Å²) >= 11 is 5.94. The third-order valence-corrected chi connectivity index (χ3v) is 4.56. The molecule has 0 atom stereocenters.